The summed E-state index contributed by atoms with van der Waals surface area (Å²) in [6, 6.07) is 11.2. The maximum Gasteiger partial charge on any atom is 0.233 e. The number of benzene rings is 2. The molecule has 0 radical (unpaired) electrons. The van der Waals surface area contributed by atoms with Gasteiger partial charge in [-0.1, -0.05) is 18.2 Å². The van der Waals surface area contributed by atoms with Crippen LogP contribution in [0, 0.1) is 17.6 Å². The first-order valence-electron chi connectivity index (χ1n) is 8.14. The number of carbonyl (C=O) groups excluding carboxylic acids is 1. The summed E-state index contributed by atoms with van der Waals surface area (Å²) in [5.41, 5.74) is 1.36. The smallest absolute Gasteiger partial charge is 0.233 e. The third-order valence-corrected chi connectivity index (χ3v) is 5.60. The third-order valence-electron chi connectivity index (χ3n) is 4.28. The van der Waals surface area contributed by atoms with Gasteiger partial charge in [-0.2, -0.15) is 0 Å². The Labute approximate surface area is 149 Å². The van der Waals surface area contributed by atoms with Gasteiger partial charge in [0.25, 0.3) is 0 Å². The lowest BCUT2D eigenvalue weighted by Gasteiger charge is -2.17. The van der Waals surface area contributed by atoms with Gasteiger partial charge in [0.1, 0.15) is 11.6 Å². The Hall–Kier alpha value is -1.92. The topological polar surface area (TPSA) is 49.3 Å². The van der Waals surface area contributed by atoms with Crippen LogP contribution in [0.3, 0.4) is 0 Å². The predicted octanol–water partition coefficient (Wildman–Crippen LogP) is 2.95. The number of aliphatic hydroxyl groups is 1. The highest BCUT2D eigenvalue weighted by molar-refractivity contribution is 8.01. The van der Waals surface area contributed by atoms with Crippen LogP contribution >= 0.6 is 11.8 Å². The molecule has 1 heterocycles. The molecule has 3 rings (SSSR count). The minimum Gasteiger partial charge on any atom is -0.396 e. The fraction of sp³-hybridized carbons (Fsp3) is 0.316. The summed E-state index contributed by atoms with van der Waals surface area (Å²) in [6.07, 6.45) is 0.841. The van der Waals surface area contributed by atoms with Crippen molar-refractivity contribution in [1.29, 1.82) is 0 Å². The van der Waals surface area contributed by atoms with E-state index >= 15 is 0 Å². The van der Waals surface area contributed by atoms with Gasteiger partial charge in [0.2, 0.25) is 5.91 Å². The van der Waals surface area contributed by atoms with Crippen LogP contribution in [-0.4, -0.2) is 29.4 Å². The Morgan fingerprint density at radius 1 is 1.28 bits per heavy atom. The standard InChI is InChI=1S/C19H19F2NO2S/c20-15-5-6-16(21)14(8-15)7-12(11-23)10-22-19(24)18-9-13-3-1-2-4-17(13)25-18/h1-6,8,12,18,23H,7,9-11H2,(H,22,24)/t12-,18+/m1/s1. The van der Waals surface area contributed by atoms with E-state index in [-0.39, 0.29) is 42.2 Å². The van der Waals surface area contributed by atoms with Crippen LogP contribution in [0.15, 0.2) is 47.4 Å². The van der Waals surface area contributed by atoms with Crippen molar-refractivity contribution in [3.8, 4) is 0 Å². The van der Waals surface area contributed by atoms with Gasteiger partial charge in [0.15, 0.2) is 0 Å². The normalized spacial score (nSPS) is 17.2. The summed E-state index contributed by atoms with van der Waals surface area (Å²) >= 11 is 1.53. The molecule has 3 nitrogen and oxygen atoms in total. The maximum absolute atomic E-state index is 13.7. The molecular weight excluding hydrogens is 344 g/mol. The van der Waals surface area contributed by atoms with E-state index in [1.54, 1.807) is 0 Å². The molecule has 2 aromatic rings. The van der Waals surface area contributed by atoms with Crippen molar-refractivity contribution in [2.24, 2.45) is 5.92 Å². The SMILES string of the molecule is O=C(NC[C@H](CO)Cc1cc(F)ccc1F)[C@@H]1Cc2ccccc2S1. The van der Waals surface area contributed by atoms with Crippen molar-refractivity contribution in [3.63, 3.8) is 0 Å². The zero-order valence-corrected chi connectivity index (χ0v) is 14.4. The molecule has 6 heteroatoms. The fourth-order valence-corrected chi connectivity index (χ4v) is 4.12. The van der Waals surface area contributed by atoms with E-state index in [0.29, 0.717) is 6.42 Å². The molecule has 1 aliphatic rings. The molecule has 132 valence electrons. The van der Waals surface area contributed by atoms with E-state index in [2.05, 4.69) is 5.32 Å². The van der Waals surface area contributed by atoms with Crippen molar-refractivity contribution >= 4 is 17.7 Å². The first-order chi connectivity index (χ1) is 12.1. The Bertz CT molecular complexity index is 744. The molecule has 0 fully saturated rings. The van der Waals surface area contributed by atoms with E-state index in [0.717, 1.165) is 28.7 Å². The maximum atomic E-state index is 13.7. The molecule has 0 aromatic heterocycles. The van der Waals surface area contributed by atoms with Crippen molar-refractivity contribution in [2.75, 3.05) is 13.2 Å². The Balaban J connectivity index is 1.55. The first kappa shape index (κ1) is 17.9. The highest BCUT2D eigenvalue weighted by Crippen LogP contribution is 2.36. The monoisotopic (exact) mass is 363 g/mol. The fourth-order valence-electron chi connectivity index (χ4n) is 2.90. The number of hydrogen-bond donors (Lipinski definition) is 2. The molecule has 2 N–H and O–H groups in total. The van der Waals surface area contributed by atoms with Crippen molar-refractivity contribution in [3.05, 3.63) is 65.2 Å². The average Bonchev–Trinajstić information content (AvgIpc) is 3.05. The summed E-state index contributed by atoms with van der Waals surface area (Å²) in [4.78, 5) is 13.5. The van der Waals surface area contributed by atoms with Crippen molar-refractivity contribution in [1.82, 2.24) is 5.32 Å². The third kappa shape index (κ3) is 4.38. The Morgan fingerprint density at radius 3 is 2.84 bits per heavy atom. The van der Waals surface area contributed by atoms with Gasteiger partial charge in [0.05, 0.1) is 5.25 Å². The van der Waals surface area contributed by atoms with Crippen LogP contribution in [0.4, 0.5) is 8.78 Å². The van der Waals surface area contributed by atoms with Crippen LogP contribution in [0.1, 0.15) is 11.1 Å². The molecular formula is C19H19F2NO2S. The molecule has 0 saturated heterocycles. The number of nitrogens with one attached hydrogen (secondary N) is 1. The van der Waals surface area contributed by atoms with Crippen LogP contribution in [0.25, 0.3) is 0 Å². The number of carbonyl (C=O) groups is 1. The highest BCUT2D eigenvalue weighted by atomic mass is 32.2. The summed E-state index contributed by atoms with van der Waals surface area (Å²) in [5.74, 6) is -1.49. The molecule has 2 aromatic carbocycles. The molecule has 2 atom stereocenters. The summed E-state index contributed by atoms with van der Waals surface area (Å²) in [6.45, 7) is 0.00691. The van der Waals surface area contributed by atoms with Gasteiger partial charge in [-0.05, 0) is 48.2 Å². The lowest BCUT2D eigenvalue weighted by molar-refractivity contribution is -0.120. The van der Waals surface area contributed by atoms with Crippen LogP contribution in [0.2, 0.25) is 0 Å². The quantitative estimate of drug-likeness (QED) is 0.830. The molecule has 0 bridgehead atoms. The molecule has 25 heavy (non-hydrogen) atoms. The molecule has 0 saturated carbocycles. The van der Waals surface area contributed by atoms with Crippen LogP contribution in [0.5, 0.6) is 0 Å². The van der Waals surface area contributed by atoms with Crippen LogP contribution in [-0.2, 0) is 17.6 Å². The van der Waals surface area contributed by atoms with Crippen molar-refractivity contribution < 1.29 is 18.7 Å². The largest absolute Gasteiger partial charge is 0.396 e. The zero-order valence-electron chi connectivity index (χ0n) is 13.5. The second-order valence-electron chi connectivity index (χ2n) is 6.15. The number of thioether (sulfide) groups is 1. The van der Waals surface area contributed by atoms with Gasteiger partial charge in [-0.15, -0.1) is 11.8 Å². The number of hydrogen-bond acceptors (Lipinski definition) is 3. The van der Waals surface area contributed by atoms with Gasteiger partial charge < -0.3 is 10.4 Å². The molecule has 1 aliphatic heterocycles. The lowest BCUT2D eigenvalue weighted by Crippen LogP contribution is -2.37. The average molecular weight is 363 g/mol. The van der Waals surface area contributed by atoms with Gasteiger partial charge >= 0.3 is 0 Å². The summed E-state index contributed by atoms with van der Waals surface area (Å²) < 4.78 is 27.0. The molecule has 0 aliphatic carbocycles. The number of rotatable bonds is 6. The minimum atomic E-state index is -0.516. The van der Waals surface area contributed by atoms with Gasteiger partial charge in [-0.3, -0.25) is 4.79 Å². The number of halogens is 2. The van der Waals surface area contributed by atoms with Gasteiger partial charge in [0, 0.05) is 24.0 Å². The van der Waals surface area contributed by atoms with Crippen molar-refractivity contribution in [2.45, 2.75) is 23.0 Å². The van der Waals surface area contributed by atoms with Crippen LogP contribution < -0.4 is 5.32 Å². The number of fused-ring (bicyclic) bond motifs is 1. The predicted molar refractivity (Wildman–Crippen MR) is 93.4 cm³/mol. The zero-order chi connectivity index (χ0) is 17.8. The Kier molecular flexibility index (Phi) is 5.71. The number of amides is 1. The Morgan fingerprint density at radius 2 is 2.08 bits per heavy atom. The first-order valence-corrected chi connectivity index (χ1v) is 9.02. The number of aliphatic hydroxyl groups excluding tert-OH is 1. The molecule has 1 amide bonds. The van der Waals surface area contributed by atoms with E-state index < -0.39 is 11.6 Å². The van der Waals surface area contributed by atoms with Gasteiger partial charge in [-0.25, -0.2) is 8.78 Å². The molecule has 0 spiro atoms. The summed E-state index contributed by atoms with van der Waals surface area (Å²) in [5, 5.41) is 12.1. The van der Waals surface area contributed by atoms with E-state index in [9.17, 15) is 18.7 Å². The lowest BCUT2D eigenvalue weighted by atomic mass is 9.99. The second-order valence-corrected chi connectivity index (χ2v) is 7.40. The van der Waals surface area contributed by atoms with E-state index in [4.69, 9.17) is 0 Å². The minimum absolute atomic E-state index is 0.0978. The molecule has 0 unspecified atom stereocenters. The van der Waals surface area contributed by atoms with E-state index in [1.165, 1.54) is 11.8 Å². The van der Waals surface area contributed by atoms with E-state index in [1.807, 2.05) is 24.3 Å². The second kappa shape index (κ2) is 7.97. The highest BCUT2D eigenvalue weighted by Gasteiger charge is 2.28. The summed E-state index contributed by atoms with van der Waals surface area (Å²) in [7, 11) is 0.